The molecule has 0 saturated carbocycles. The van der Waals surface area contributed by atoms with E-state index in [4.69, 9.17) is 5.73 Å². The number of likely N-dealkylation sites (tertiary alicyclic amines) is 1. The van der Waals surface area contributed by atoms with Gasteiger partial charge in [-0.2, -0.15) is 0 Å². The molecule has 1 aromatic rings. The van der Waals surface area contributed by atoms with Gasteiger partial charge in [0.25, 0.3) is 0 Å². The number of benzene rings is 1. The van der Waals surface area contributed by atoms with Crippen LogP contribution in [0.4, 0.5) is 0 Å². The van der Waals surface area contributed by atoms with Crippen LogP contribution in [0.5, 0.6) is 0 Å². The molecule has 0 bridgehead atoms. The second-order valence-corrected chi connectivity index (χ2v) is 6.09. The zero-order valence-electron chi connectivity index (χ0n) is 13.0. The third kappa shape index (κ3) is 5.33. The van der Waals surface area contributed by atoms with Crippen LogP contribution in [0.2, 0.25) is 0 Å². The SMILES string of the molecule is Cc1cccc(CCC(=O)N2CCCC(C(C)N)C2)c1.Cl. The summed E-state index contributed by atoms with van der Waals surface area (Å²) in [4.78, 5) is 14.3. The van der Waals surface area contributed by atoms with Gasteiger partial charge in [0, 0.05) is 25.6 Å². The highest BCUT2D eigenvalue weighted by Gasteiger charge is 2.25. The second kappa shape index (κ2) is 8.40. The Balaban J connectivity index is 0.00000220. The number of nitrogens with two attached hydrogens (primary N) is 1. The van der Waals surface area contributed by atoms with Crippen molar-refractivity contribution in [1.82, 2.24) is 4.90 Å². The van der Waals surface area contributed by atoms with E-state index in [1.54, 1.807) is 0 Å². The number of aryl methyl sites for hydroxylation is 2. The van der Waals surface area contributed by atoms with E-state index in [2.05, 4.69) is 31.2 Å². The summed E-state index contributed by atoms with van der Waals surface area (Å²) in [5, 5.41) is 0. The van der Waals surface area contributed by atoms with Crippen molar-refractivity contribution in [2.45, 2.75) is 45.6 Å². The Labute approximate surface area is 134 Å². The quantitative estimate of drug-likeness (QED) is 0.929. The van der Waals surface area contributed by atoms with Gasteiger partial charge < -0.3 is 10.6 Å². The smallest absolute Gasteiger partial charge is 0.222 e. The number of piperidine rings is 1. The van der Waals surface area contributed by atoms with Gasteiger partial charge in [-0.05, 0) is 44.6 Å². The lowest BCUT2D eigenvalue weighted by Crippen LogP contribution is -2.45. The number of carbonyl (C=O) groups is 1. The predicted octanol–water partition coefficient (Wildman–Crippen LogP) is 2.94. The molecule has 0 spiro atoms. The van der Waals surface area contributed by atoms with Crippen LogP contribution in [0.15, 0.2) is 24.3 Å². The Morgan fingerprint density at radius 3 is 2.90 bits per heavy atom. The molecule has 1 fully saturated rings. The van der Waals surface area contributed by atoms with Gasteiger partial charge in [0.2, 0.25) is 5.91 Å². The van der Waals surface area contributed by atoms with Crippen molar-refractivity contribution in [1.29, 1.82) is 0 Å². The summed E-state index contributed by atoms with van der Waals surface area (Å²) in [6, 6.07) is 8.59. The van der Waals surface area contributed by atoms with E-state index in [0.717, 1.165) is 32.4 Å². The third-order valence-corrected chi connectivity index (χ3v) is 4.26. The first kappa shape index (κ1) is 18.0. The number of halogens is 1. The number of rotatable bonds is 4. The average Bonchev–Trinajstić information content (AvgIpc) is 2.45. The van der Waals surface area contributed by atoms with Gasteiger partial charge in [-0.25, -0.2) is 0 Å². The molecule has 1 aliphatic rings. The van der Waals surface area contributed by atoms with E-state index in [1.807, 2.05) is 11.8 Å². The molecule has 2 unspecified atom stereocenters. The van der Waals surface area contributed by atoms with E-state index in [9.17, 15) is 4.79 Å². The van der Waals surface area contributed by atoms with Crippen LogP contribution < -0.4 is 5.73 Å². The highest BCUT2D eigenvalue weighted by molar-refractivity contribution is 5.85. The highest BCUT2D eigenvalue weighted by Crippen LogP contribution is 2.19. The molecule has 1 aromatic carbocycles. The molecular weight excluding hydrogens is 284 g/mol. The van der Waals surface area contributed by atoms with Crippen LogP contribution in [0.3, 0.4) is 0 Å². The van der Waals surface area contributed by atoms with Crippen molar-refractivity contribution in [2.24, 2.45) is 11.7 Å². The lowest BCUT2D eigenvalue weighted by molar-refractivity contribution is -0.133. The zero-order valence-corrected chi connectivity index (χ0v) is 13.9. The summed E-state index contributed by atoms with van der Waals surface area (Å²) >= 11 is 0. The van der Waals surface area contributed by atoms with Crippen LogP contribution in [0.1, 0.15) is 37.3 Å². The zero-order chi connectivity index (χ0) is 14.5. The maximum atomic E-state index is 12.3. The Morgan fingerprint density at radius 2 is 2.24 bits per heavy atom. The number of hydrogen-bond acceptors (Lipinski definition) is 2. The summed E-state index contributed by atoms with van der Waals surface area (Å²) in [5.41, 5.74) is 8.48. The predicted molar refractivity (Wildman–Crippen MR) is 89.7 cm³/mol. The van der Waals surface area contributed by atoms with Crippen LogP contribution in [-0.2, 0) is 11.2 Å². The Hall–Kier alpha value is -1.06. The first-order chi connectivity index (χ1) is 9.56. The minimum absolute atomic E-state index is 0. The second-order valence-electron chi connectivity index (χ2n) is 6.09. The molecule has 0 radical (unpaired) electrons. The van der Waals surface area contributed by atoms with Gasteiger partial charge in [-0.15, -0.1) is 12.4 Å². The topological polar surface area (TPSA) is 46.3 Å². The molecule has 2 rings (SSSR count). The lowest BCUT2D eigenvalue weighted by Gasteiger charge is -2.34. The summed E-state index contributed by atoms with van der Waals surface area (Å²) in [5.74, 6) is 0.739. The monoisotopic (exact) mass is 310 g/mol. The van der Waals surface area contributed by atoms with Crippen LogP contribution >= 0.6 is 12.4 Å². The molecule has 1 aliphatic heterocycles. The van der Waals surface area contributed by atoms with E-state index >= 15 is 0 Å². The summed E-state index contributed by atoms with van der Waals surface area (Å²) in [6.45, 7) is 5.87. The van der Waals surface area contributed by atoms with E-state index in [-0.39, 0.29) is 24.4 Å². The van der Waals surface area contributed by atoms with Crippen LogP contribution in [-0.4, -0.2) is 29.9 Å². The molecule has 0 aliphatic carbocycles. The van der Waals surface area contributed by atoms with Gasteiger partial charge in [0.05, 0.1) is 0 Å². The van der Waals surface area contributed by atoms with E-state index < -0.39 is 0 Å². The fraction of sp³-hybridized carbons (Fsp3) is 0.588. The molecule has 118 valence electrons. The number of nitrogens with zero attached hydrogens (tertiary/aromatic N) is 1. The lowest BCUT2D eigenvalue weighted by atomic mass is 9.92. The normalized spacial score (nSPS) is 19.8. The standard InChI is InChI=1S/C17H26N2O.ClH/c1-13-5-3-6-15(11-13)8-9-17(20)19-10-4-7-16(12-19)14(2)18;/h3,5-6,11,14,16H,4,7-10,12,18H2,1-2H3;1H. The average molecular weight is 311 g/mol. The highest BCUT2D eigenvalue weighted by atomic mass is 35.5. The fourth-order valence-electron chi connectivity index (χ4n) is 2.94. The molecule has 4 heteroatoms. The maximum absolute atomic E-state index is 12.3. The molecule has 3 nitrogen and oxygen atoms in total. The molecule has 1 heterocycles. The minimum Gasteiger partial charge on any atom is -0.342 e. The first-order valence-electron chi connectivity index (χ1n) is 7.65. The van der Waals surface area contributed by atoms with Crippen LogP contribution in [0, 0.1) is 12.8 Å². The van der Waals surface area contributed by atoms with Gasteiger partial charge in [0.1, 0.15) is 0 Å². The molecule has 1 amide bonds. The van der Waals surface area contributed by atoms with E-state index in [0.29, 0.717) is 12.3 Å². The minimum atomic E-state index is 0. The Kier molecular flexibility index (Phi) is 7.20. The van der Waals surface area contributed by atoms with E-state index in [1.165, 1.54) is 11.1 Å². The van der Waals surface area contributed by atoms with Crippen molar-refractivity contribution in [3.8, 4) is 0 Å². The van der Waals surface area contributed by atoms with Crippen molar-refractivity contribution in [3.63, 3.8) is 0 Å². The number of amides is 1. The molecule has 21 heavy (non-hydrogen) atoms. The molecule has 2 N–H and O–H groups in total. The molecule has 2 atom stereocenters. The molecule has 1 saturated heterocycles. The molecule has 0 aromatic heterocycles. The Morgan fingerprint density at radius 1 is 1.48 bits per heavy atom. The van der Waals surface area contributed by atoms with Crippen molar-refractivity contribution >= 4 is 18.3 Å². The first-order valence-corrected chi connectivity index (χ1v) is 7.65. The number of hydrogen-bond donors (Lipinski definition) is 1. The fourth-order valence-corrected chi connectivity index (χ4v) is 2.94. The van der Waals surface area contributed by atoms with Crippen LogP contribution in [0.25, 0.3) is 0 Å². The molecular formula is C17H27ClN2O. The third-order valence-electron chi connectivity index (χ3n) is 4.26. The Bertz CT molecular complexity index is 462. The summed E-state index contributed by atoms with van der Waals surface area (Å²) in [7, 11) is 0. The van der Waals surface area contributed by atoms with Crippen molar-refractivity contribution in [2.75, 3.05) is 13.1 Å². The van der Waals surface area contributed by atoms with Gasteiger partial charge in [-0.3, -0.25) is 4.79 Å². The largest absolute Gasteiger partial charge is 0.342 e. The van der Waals surface area contributed by atoms with Gasteiger partial charge >= 0.3 is 0 Å². The van der Waals surface area contributed by atoms with Gasteiger partial charge in [0.15, 0.2) is 0 Å². The van der Waals surface area contributed by atoms with Crippen molar-refractivity contribution in [3.05, 3.63) is 35.4 Å². The van der Waals surface area contributed by atoms with Crippen molar-refractivity contribution < 1.29 is 4.79 Å². The summed E-state index contributed by atoms with van der Waals surface area (Å²) in [6.07, 6.45) is 3.68. The summed E-state index contributed by atoms with van der Waals surface area (Å²) < 4.78 is 0. The van der Waals surface area contributed by atoms with Gasteiger partial charge in [-0.1, -0.05) is 29.8 Å². The number of carbonyl (C=O) groups excluding carboxylic acids is 1. The maximum Gasteiger partial charge on any atom is 0.222 e.